The molecule has 6 heteroatoms. The van der Waals surface area contributed by atoms with Crippen LogP contribution in [0, 0.1) is 0 Å². The molecule has 2 heterocycles. The normalized spacial score (nSPS) is 13.2. The fourth-order valence-electron chi connectivity index (χ4n) is 2.59. The molecule has 0 radical (unpaired) electrons. The third-order valence-electron chi connectivity index (χ3n) is 3.64. The van der Waals surface area contributed by atoms with E-state index >= 15 is 0 Å². The highest BCUT2D eigenvalue weighted by molar-refractivity contribution is 5.91. The van der Waals surface area contributed by atoms with Gasteiger partial charge in [-0.05, 0) is 18.9 Å². The molecular formula is C17H16N2O4. The molecule has 1 aromatic heterocycles. The summed E-state index contributed by atoms with van der Waals surface area (Å²) in [5, 5.41) is 9.99. The van der Waals surface area contributed by atoms with Crippen LogP contribution in [-0.2, 0) is 11.3 Å². The van der Waals surface area contributed by atoms with E-state index < -0.39 is 17.3 Å². The van der Waals surface area contributed by atoms with E-state index in [-0.39, 0.29) is 12.3 Å². The second-order valence-corrected chi connectivity index (χ2v) is 5.08. The molecule has 1 aliphatic heterocycles. The first-order valence-corrected chi connectivity index (χ1v) is 7.40. The molecule has 1 aliphatic rings. The Morgan fingerprint density at radius 3 is 2.78 bits per heavy atom. The number of rotatable bonds is 3. The van der Waals surface area contributed by atoms with E-state index in [1.807, 2.05) is 36.4 Å². The molecule has 23 heavy (non-hydrogen) atoms. The van der Waals surface area contributed by atoms with Crippen molar-refractivity contribution in [1.29, 1.82) is 0 Å². The lowest BCUT2D eigenvalue weighted by Crippen LogP contribution is -2.29. The van der Waals surface area contributed by atoms with E-state index in [1.54, 1.807) is 6.92 Å². The van der Waals surface area contributed by atoms with Crippen molar-refractivity contribution in [3.05, 3.63) is 63.8 Å². The summed E-state index contributed by atoms with van der Waals surface area (Å²) in [5.74, 6) is -1.10. The summed E-state index contributed by atoms with van der Waals surface area (Å²) in [6.45, 7) is 2.20. The van der Waals surface area contributed by atoms with Gasteiger partial charge in [-0.3, -0.25) is 9.36 Å². The first-order valence-electron chi connectivity index (χ1n) is 7.40. The van der Waals surface area contributed by atoms with Gasteiger partial charge in [0.2, 0.25) is 5.75 Å². The molecule has 0 amide bonds. The number of fused-ring (bicyclic) bond motifs is 1. The largest absolute Gasteiger partial charge is 0.501 e. The molecule has 0 atom stereocenters. The van der Waals surface area contributed by atoms with Crippen molar-refractivity contribution in [2.75, 3.05) is 6.61 Å². The van der Waals surface area contributed by atoms with Gasteiger partial charge in [0.05, 0.1) is 6.61 Å². The number of carbonyl (C=O) groups excluding carboxylic acids is 1. The molecule has 0 spiro atoms. The van der Waals surface area contributed by atoms with E-state index in [4.69, 9.17) is 4.74 Å². The maximum atomic E-state index is 12.4. The van der Waals surface area contributed by atoms with Crippen LogP contribution in [0.25, 0.3) is 5.57 Å². The van der Waals surface area contributed by atoms with Crippen LogP contribution in [0.4, 0.5) is 0 Å². The van der Waals surface area contributed by atoms with Gasteiger partial charge in [-0.2, -0.15) is 0 Å². The number of allylic oxidation sites excluding steroid dienone is 1. The second-order valence-electron chi connectivity index (χ2n) is 5.08. The van der Waals surface area contributed by atoms with Gasteiger partial charge in [0, 0.05) is 12.1 Å². The number of ether oxygens (including phenoxy) is 1. The van der Waals surface area contributed by atoms with Crippen LogP contribution < -0.4 is 5.56 Å². The molecule has 3 rings (SSSR count). The van der Waals surface area contributed by atoms with E-state index in [2.05, 4.69) is 4.98 Å². The average molecular weight is 312 g/mol. The molecule has 2 aromatic rings. The van der Waals surface area contributed by atoms with Crippen molar-refractivity contribution in [3.8, 4) is 5.75 Å². The molecular weight excluding hydrogens is 296 g/mol. The Bertz CT molecular complexity index is 838. The first-order chi connectivity index (χ1) is 11.1. The summed E-state index contributed by atoms with van der Waals surface area (Å²) in [4.78, 5) is 28.5. The highest BCUT2D eigenvalue weighted by Gasteiger charge is 2.25. The Balaban J connectivity index is 2.19. The molecule has 1 aromatic carbocycles. The highest BCUT2D eigenvalue weighted by Crippen LogP contribution is 2.27. The number of hydrogen-bond donors (Lipinski definition) is 1. The second kappa shape index (κ2) is 6.08. The molecule has 0 aliphatic carbocycles. The zero-order valence-electron chi connectivity index (χ0n) is 12.7. The highest BCUT2D eigenvalue weighted by atomic mass is 16.5. The lowest BCUT2D eigenvalue weighted by atomic mass is 10.0. The average Bonchev–Trinajstić information content (AvgIpc) is 2.58. The predicted octanol–water partition coefficient (Wildman–Crippen LogP) is 1.96. The van der Waals surface area contributed by atoms with Gasteiger partial charge < -0.3 is 9.84 Å². The Morgan fingerprint density at radius 2 is 2.09 bits per heavy atom. The summed E-state index contributed by atoms with van der Waals surface area (Å²) in [6, 6.07) is 9.49. The minimum absolute atomic E-state index is 0.139. The minimum Gasteiger partial charge on any atom is -0.501 e. The van der Waals surface area contributed by atoms with Gasteiger partial charge in [-0.1, -0.05) is 36.4 Å². The number of benzene rings is 1. The molecule has 0 unspecified atom stereocenters. The van der Waals surface area contributed by atoms with Crippen molar-refractivity contribution < 1.29 is 14.6 Å². The summed E-state index contributed by atoms with van der Waals surface area (Å²) < 4.78 is 6.26. The third kappa shape index (κ3) is 2.63. The van der Waals surface area contributed by atoms with Crippen LogP contribution >= 0.6 is 0 Å². The Morgan fingerprint density at radius 1 is 1.35 bits per heavy atom. The summed E-state index contributed by atoms with van der Waals surface area (Å²) in [5.41, 5.74) is 0.694. The molecule has 6 nitrogen and oxygen atoms in total. The zero-order chi connectivity index (χ0) is 16.4. The topological polar surface area (TPSA) is 81.4 Å². The molecule has 1 N–H and O–H groups in total. The van der Waals surface area contributed by atoms with Gasteiger partial charge in [-0.25, -0.2) is 9.78 Å². The maximum absolute atomic E-state index is 12.4. The lowest BCUT2D eigenvalue weighted by molar-refractivity contribution is 0.0514. The smallest absolute Gasteiger partial charge is 0.361 e. The molecule has 0 fully saturated rings. The monoisotopic (exact) mass is 312 g/mol. The van der Waals surface area contributed by atoms with E-state index in [0.29, 0.717) is 18.8 Å². The predicted molar refractivity (Wildman–Crippen MR) is 84.3 cm³/mol. The summed E-state index contributed by atoms with van der Waals surface area (Å²) >= 11 is 0. The zero-order valence-corrected chi connectivity index (χ0v) is 12.7. The SMILES string of the molecule is CCOC(=O)c1nc2n(c(=O)c1O)CCC=C2c1ccccc1. The molecule has 0 bridgehead atoms. The minimum atomic E-state index is -0.802. The molecule has 118 valence electrons. The van der Waals surface area contributed by atoms with Gasteiger partial charge in [0.15, 0.2) is 5.69 Å². The quantitative estimate of drug-likeness (QED) is 0.876. The fourth-order valence-corrected chi connectivity index (χ4v) is 2.59. The number of esters is 1. The van der Waals surface area contributed by atoms with E-state index in [1.165, 1.54) is 4.57 Å². The van der Waals surface area contributed by atoms with E-state index in [0.717, 1.165) is 11.1 Å². The van der Waals surface area contributed by atoms with Gasteiger partial charge in [-0.15, -0.1) is 0 Å². The Labute approximate surface area is 132 Å². The van der Waals surface area contributed by atoms with Crippen LogP contribution in [0.2, 0.25) is 0 Å². The van der Waals surface area contributed by atoms with Gasteiger partial charge >= 0.3 is 5.97 Å². The van der Waals surface area contributed by atoms with Crippen LogP contribution in [0.15, 0.2) is 41.2 Å². The van der Waals surface area contributed by atoms with Gasteiger partial charge in [0.1, 0.15) is 5.82 Å². The van der Waals surface area contributed by atoms with Crippen molar-refractivity contribution in [2.45, 2.75) is 19.9 Å². The van der Waals surface area contributed by atoms with Crippen LogP contribution in [0.5, 0.6) is 5.75 Å². The van der Waals surface area contributed by atoms with Crippen molar-refractivity contribution in [2.24, 2.45) is 0 Å². The number of nitrogens with zero attached hydrogens (tertiary/aromatic N) is 2. The van der Waals surface area contributed by atoms with Crippen LogP contribution in [0.3, 0.4) is 0 Å². The summed E-state index contributed by atoms with van der Waals surface area (Å²) in [7, 11) is 0. The summed E-state index contributed by atoms with van der Waals surface area (Å²) in [6.07, 6.45) is 2.63. The Kier molecular flexibility index (Phi) is 3.97. The number of carbonyl (C=O) groups is 1. The number of aromatic hydroxyl groups is 1. The third-order valence-corrected chi connectivity index (χ3v) is 3.64. The van der Waals surface area contributed by atoms with Crippen molar-refractivity contribution >= 4 is 11.5 Å². The van der Waals surface area contributed by atoms with Crippen molar-refractivity contribution in [1.82, 2.24) is 9.55 Å². The van der Waals surface area contributed by atoms with Gasteiger partial charge in [0.25, 0.3) is 5.56 Å². The lowest BCUT2D eigenvalue weighted by Gasteiger charge is -2.20. The number of hydrogen-bond acceptors (Lipinski definition) is 5. The van der Waals surface area contributed by atoms with Crippen molar-refractivity contribution in [3.63, 3.8) is 0 Å². The van der Waals surface area contributed by atoms with Crippen LogP contribution in [-0.4, -0.2) is 27.2 Å². The van der Waals surface area contributed by atoms with E-state index in [9.17, 15) is 14.7 Å². The fraction of sp³-hybridized carbons (Fsp3) is 0.235. The molecule has 0 saturated carbocycles. The standard InChI is InChI=1S/C17H16N2O4/c1-2-23-17(22)13-14(20)16(21)19-10-6-9-12(15(19)18-13)11-7-4-3-5-8-11/h3-5,7-9,20H,2,6,10H2,1H3. The molecule has 0 saturated heterocycles. The Hall–Kier alpha value is -2.89. The first kappa shape index (κ1) is 15.0. The number of aromatic nitrogens is 2. The maximum Gasteiger partial charge on any atom is 0.361 e. The van der Waals surface area contributed by atoms with Crippen LogP contribution in [0.1, 0.15) is 35.2 Å².